The minimum Gasteiger partial charge on any atom is -0.504 e. The van der Waals surface area contributed by atoms with Crippen molar-refractivity contribution in [1.82, 2.24) is 0 Å². The third-order valence-electron chi connectivity index (χ3n) is 4.64. The molecule has 0 heterocycles. The van der Waals surface area contributed by atoms with Crippen LogP contribution in [-0.2, 0) is 24.9 Å². The van der Waals surface area contributed by atoms with Gasteiger partial charge < -0.3 is 14.6 Å². The van der Waals surface area contributed by atoms with Crippen LogP contribution in [0.3, 0.4) is 0 Å². The zero-order valence-corrected chi connectivity index (χ0v) is 17.6. The predicted molar refractivity (Wildman–Crippen MR) is 115 cm³/mol. The van der Waals surface area contributed by atoms with Gasteiger partial charge in [-0.3, -0.25) is 9.68 Å². The fourth-order valence-corrected chi connectivity index (χ4v) is 3.11. The second kappa shape index (κ2) is 11.1. The lowest BCUT2D eigenvalue weighted by atomic mass is 9.84. The number of rotatable bonds is 12. The maximum Gasteiger partial charge on any atom is 0.378 e. The van der Waals surface area contributed by atoms with Crippen LogP contribution in [0.1, 0.15) is 34.8 Å². The van der Waals surface area contributed by atoms with Gasteiger partial charge in [-0.2, -0.15) is 4.89 Å². The summed E-state index contributed by atoms with van der Waals surface area (Å²) in [6.07, 6.45) is 3.09. The molecule has 0 radical (unpaired) electrons. The number of ketones is 1. The number of carbonyl (C=O) groups is 2. The van der Waals surface area contributed by atoms with E-state index in [0.717, 1.165) is 0 Å². The van der Waals surface area contributed by atoms with Gasteiger partial charge in [-0.1, -0.05) is 43.3 Å². The number of aromatic hydroxyl groups is 1. The number of hydrogen-bond acceptors (Lipinski definition) is 7. The molecule has 1 atom stereocenters. The van der Waals surface area contributed by atoms with Gasteiger partial charge in [-0.15, -0.1) is 13.2 Å². The number of carbonyl (C=O) groups excluding carboxylic acids is 2. The number of benzene rings is 2. The summed E-state index contributed by atoms with van der Waals surface area (Å²) in [5.41, 5.74) is -0.864. The Hall–Kier alpha value is -3.42. The van der Waals surface area contributed by atoms with Gasteiger partial charge in [0.1, 0.15) is 6.61 Å². The summed E-state index contributed by atoms with van der Waals surface area (Å²) in [6, 6.07) is 10.9. The van der Waals surface area contributed by atoms with Gasteiger partial charge in [0, 0.05) is 16.7 Å². The van der Waals surface area contributed by atoms with Crippen LogP contribution >= 0.6 is 0 Å². The summed E-state index contributed by atoms with van der Waals surface area (Å²) < 4.78 is 10.9. The number of methoxy groups -OCH3 is 1. The minimum absolute atomic E-state index is 0.00129. The van der Waals surface area contributed by atoms with Gasteiger partial charge in [-0.05, 0) is 24.6 Å². The number of ether oxygens (including phenoxy) is 2. The van der Waals surface area contributed by atoms with Crippen LogP contribution in [-0.4, -0.2) is 37.2 Å². The van der Waals surface area contributed by atoms with Gasteiger partial charge in [0.25, 0.3) is 0 Å². The quantitative estimate of drug-likeness (QED) is 0.180. The first-order chi connectivity index (χ1) is 14.9. The van der Waals surface area contributed by atoms with E-state index in [0.29, 0.717) is 5.56 Å². The normalized spacial score (nSPS) is 12.5. The lowest BCUT2D eigenvalue weighted by Crippen LogP contribution is -2.41. The van der Waals surface area contributed by atoms with E-state index in [4.69, 9.17) is 19.2 Å². The molecule has 7 nitrogen and oxygen atoms in total. The maximum absolute atomic E-state index is 13.3. The molecule has 31 heavy (non-hydrogen) atoms. The number of phenols is 1. The van der Waals surface area contributed by atoms with Crippen LogP contribution in [0.15, 0.2) is 67.8 Å². The van der Waals surface area contributed by atoms with Crippen LogP contribution in [0.2, 0.25) is 0 Å². The molecule has 0 amide bonds. The summed E-state index contributed by atoms with van der Waals surface area (Å²) in [4.78, 5) is 36.1. The number of phenolic OH excluding ortho intramolecular Hbond substituents is 1. The van der Waals surface area contributed by atoms with Gasteiger partial charge in [0.05, 0.1) is 13.7 Å². The molecule has 0 bridgehead atoms. The average Bonchev–Trinajstić information content (AvgIpc) is 2.79. The topological polar surface area (TPSA) is 91.3 Å². The van der Waals surface area contributed by atoms with Gasteiger partial charge in [0.15, 0.2) is 22.9 Å². The molecule has 0 aliphatic heterocycles. The van der Waals surface area contributed by atoms with E-state index in [1.54, 1.807) is 31.2 Å². The van der Waals surface area contributed by atoms with E-state index in [1.165, 1.54) is 37.5 Å². The summed E-state index contributed by atoms with van der Waals surface area (Å²) in [6.45, 7) is 8.90. The summed E-state index contributed by atoms with van der Waals surface area (Å²) in [5.74, 6) is -1.15. The zero-order valence-electron chi connectivity index (χ0n) is 17.6. The Balaban J connectivity index is 2.56. The molecular formula is C24H26O7. The second-order valence-electron chi connectivity index (χ2n) is 6.49. The molecule has 2 rings (SSSR count). The monoisotopic (exact) mass is 426 g/mol. The van der Waals surface area contributed by atoms with Gasteiger partial charge in [0.2, 0.25) is 0 Å². The lowest BCUT2D eigenvalue weighted by Gasteiger charge is -2.31. The third kappa shape index (κ3) is 5.20. The highest BCUT2D eigenvalue weighted by molar-refractivity contribution is 6.11. The van der Waals surface area contributed by atoms with E-state index < -0.39 is 17.4 Å². The van der Waals surface area contributed by atoms with Crippen LogP contribution < -0.4 is 4.74 Å². The van der Waals surface area contributed by atoms with Crippen molar-refractivity contribution in [2.75, 3.05) is 20.3 Å². The highest BCUT2D eigenvalue weighted by Crippen LogP contribution is 2.36. The number of hydrogen-bond donors (Lipinski definition) is 1. The fraction of sp³-hybridized carbons (Fsp3) is 0.250. The van der Waals surface area contributed by atoms with Crippen molar-refractivity contribution in [2.45, 2.75) is 18.9 Å². The van der Waals surface area contributed by atoms with E-state index in [1.807, 2.05) is 0 Å². The van der Waals surface area contributed by atoms with Crippen molar-refractivity contribution in [3.63, 3.8) is 0 Å². The van der Waals surface area contributed by atoms with E-state index in [-0.39, 0.29) is 42.3 Å². The Morgan fingerprint density at radius 1 is 1.10 bits per heavy atom. The highest BCUT2D eigenvalue weighted by atomic mass is 17.2. The lowest BCUT2D eigenvalue weighted by molar-refractivity contribution is -0.283. The molecule has 0 fully saturated rings. The van der Waals surface area contributed by atoms with Crippen molar-refractivity contribution in [3.05, 3.63) is 84.5 Å². The first-order valence-corrected chi connectivity index (χ1v) is 9.66. The Labute approximate surface area is 181 Å². The molecule has 2 aromatic rings. The molecule has 0 saturated heterocycles. The van der Waals surface area contributed by atoms with Crippen molar-refractivity contribution < 1.29 is 33.9 Å². The molecule has 0 aliphatic rings. The molecular weight excluding hydrogens is 400 g/mol. The van der Waals surface area contributed by atoms with Crippen LogP contribution in [0.5, 0.6) is 11.5 Å². The largest absolute Gasteiger partial charge is 0.504 e. The smallest absolute Gasteiger partial charge is 0.378 e. The Kier molecular flexibility index (Phi) is 8.54. The minimum atomic E-state index is -1.61. The predicted octanol–water partition coefficient (Wildman–Crippen LogP) is 4.10. The molecule has 164 valence electrons. The summed E-state index contributed by atoms with van der Waals surface area (Å²) in [7, 11) is 1.42. The molecule has 7 heteroatoms. The summed E-state index contributed by atoms with van der Waals surface area (Å²) in [5, 5.41) is 10.1. The van der Waals surface area contributed by atoms with Gasteiger partial charge in [-0.25, -0.2) is 4.79 Å². The zero-order chi connectivity index (χ0) is 22.9. The Bertz CT molecular complexity index is 951. The van der Waals surface area contributed by atoms with E-state index >= 15 is 0 Å². The van der Waals surface area contributed by atoms with E-state index in [9.17, 15) is 14.7 Å². The maximum atomic E-state index is 13.3. The van der Waals surface area contributed by atoms with Crippen molar-refractivity contribution in [2.24, 2.45) is 0 Å². The molecule has 1 N–H and O–H groups in total. The SMILES string of the molecule is C=CCOOC(=O)C(CC)(OCC=C)c1ccccc1C(=O)c1ccc(OC)c(O)c1. The first kappa shape index (κ1) is 23.9. The van der Waals surface area contributed by atoms with Crippen LogP contribution in [0.25, 0.3) is 0 Å². The average molecular weight is 426 g/mol. The molecule has 0 spiro atoms. The molecule has 0 saturated carbocycles. The molecule has 0 aliphatic carbocycles. The third-order valence-corrected chi connectivity index (χ3v) is 4.64. The standard InChI is InChI=1S/C24H26O7/c1-5-14-29-24(7-3,23(27)31-30-15-6-2)19-11-9-8-10-18(19)22(26)17-12-13-21(28-4)20(25)16-17/h5-6,8-13,16,25H,1-2,7,14-15H2,3-4H3. The highest BCUT2D eigenvalue weighted by Gasteiger charge is 2.44. The van der Waals surface area contributed by atoms with Crippen LogP contribution in [0, 0.1) is 0 Å². The van der Waals surface area contributed by atoms with Crippen LogP contribution in [0.4, 0.5) is 0 Å². The Morgan fingerprint density at radius 2 is 1.81 bits per heavy atom. The van der Waals surface area contributed by atoms with Crippen molar-refractivity contribution >= 4 is 11.8 Å². The molecule has 0 aromatic heterocycles. The fourth-order valence-electron chi connectivity index (χ4n) is 3.11. The van der Waals surface area contributed by atoms with Crippen molar-refractivity contribution in [1.29, 1.82) is 0 Å². The van der Waals surface area contributed by atoms with Crippen molar-refractivity contribution in [3.8, 4) is 11.5 Å². The summed E-state index contributed by atoms with van der Waals surface area (Å²) >= 11 is 0. The Morgan fingerprint density at radius 3 is 2.42 bits per heavy atom. The second-order valence-corrected chi connectivity index (χ2v) is 6.49. The van der Waals surface area contributed by atoms with E-state index in [2.05, 4.69) is 13.2 Å². The first-order valence-electron chi connectivity index (χ1n) is 9.66. The molecule has 2 aromatic carbocycles. The molecule has 1 unspecified atom stereocenters. The van der Waals surface area contributed by atoms with Gasteiger partial charge >= 0.3 is 5.97 Å².